The highest BCUT2D eigenvalue weighted by Crippen LogP contribution is 2.16. The minimum atomic E-state index is -0.0996. The Kier molecular flexibility index (Phi) is 5.58. The van der Waals surface area contributed by atoms with Gasteiger partial charge in [-0.2, -0.15) is 5.10 Å². The van der Waals surface area contributed by atoms with E-state index in [4.69, 9.17) is 0 Å². The number of rotatable bonds is 7. The number of amides is 1. The van der Waals surface area contributed by atoms with Crippen LogP contribution in [0.5, 0.6) is 0 Å². The van der Waals surface area contributed by atoms with Crippen LogP contribution in [0, 0.1) is 6.92 Å². The lowest BCUT2D eigenvalue weighted by atomic mass is 10.1. The van der Waals surface area contributed by atoms with Gasteiger partial charge in [0.15, 0.2) is 5.82 Å². The first-order chi connectivity index (χ1) is 12.6. The number of aryl methyl sites for hydroxylation is 1. The van der Waals surface area contributed by atoms with E-state index in [2.05, 4.69) is 30.8 Å². The molecule has 0 atom stereocenters. The van der Waals surface area contributed by atoms with Crippen LogP contribution in [0.25, 0.3) is 0 Å². The summed E-state index contributed by atoms with van der Waals surface area (Å²) >= 11 is 0. The van der Waals surface area contributed by atoms with E-state index in [0.717, 1.165) is 29.3 Å². The zero-order valence-electron chi connectivity index (χ0n) is 14.9. The van der Waals surface area contributed by atoms with Crippen molar-refractivity contribution in [3.8, 4) is 0 Å². The predicted molar refractivity (Wildman–Crippen MR) is 101 cm³/mol. The molecule has 0 saturated carbocycles. The molecule has 3 rings (SSSR count). The van der Waals surface area contributed by atoms with E-state index in [1.54, 1.807) is 18.3 Å². The second kappa shape index (κ2) is 8.24. The summed E-state index contributed by atoms with van der Waals surface area (Å²) in [5, 5.41) is 13.1. The number of carbonyl (C=O) groups is 1. The van der Waals surface area contributed by atoms with Gasteiger partial charge >= 0.3 is 0 Å². The Morgan fingerprint density at radius 1 is 1.15 bits per heavy atom. The highest BCUT2D eigenvalue weighted by Gasteiger charge is 2.06. The van der Waals surface area contributed by atoms with Crippen LogP contribution in [0.1, 0.15) is 40.9 Å². The van der Waals surface area contributed by atoms with Gasteiger partial charge in [-0.25, -0.2) is 9.97 Å². The van der Waals surface area contributed by atoms with Crippen molar-refractivity contribution in [1.29, 1.82) is 0 Å². The summed E-state index contributed by atoms with van der Waals surface area (Å²) in [6, 6.07) is 11.6. The number of pyridine rings is 1. The summed E-state index contributed by atoms with van der Waals surface area (Å²) in [4.78, 5) is 20.5. The zero-order chi connectivity index (χ0) is 18.4. The number of aromatic amines is 1. The zero-order valence-corrected chi connectivity index (χ0v) is 14.9. The van der Waals surface area contributed by atoms with Crippen molar-refractivity contribution in [2.24, 2.45) is 0 Å². The molecule has 7 nitrogen and oxygen atoms in total. The molecule has 0 aliphatic carbocycles. The number of hydrogen-bond acceptors (Lipinski definition) is 5. The normalized spacial score (nSPS) is 10.5. The minimum Gasteiger partial charge on any atom is -0.352 e. The largest absolute Gasteiger partial charge is 0.352 e. The average molecular weight is 350 g/mol. The average Bonchev–Trinajstić information content (AvgIpc) is 3.06. The summed E-state index contributed by atoms with van der Waals surface area (Å²) in [6.45, 7) is 4.57. The standard InChI is InChI=1S/C19H22N6O/c1-3-10-20-19(26)15-6-9-17(21-12-15)23-16-7-4-14(5-8-16)11-18-22-13(2)24-25-18/h4-9,12H,3,10-11H2,1-2H3,(H,20,26)(H,21,23)(H,22,24,25). The smallest absolute Gasteiger partial charge is 0.252 e. The molecule has 7 heteroatoms. The predicted octanol–water partition coefficient (Wildman–Crippen LogP) is 2.98. The first kappa shape index (κ1) is 17.6. The molecule has 1 aromatic carbocycles. The molecule has 26 heavy (non-hydrogen) atoms. The van der Waals surface area contributed by atoms with Gasteiger partial charge in [0.25, 0.3) is 5.91 Å². The van der Waals surface area contributed by atoms with Gasteiger partial charge in [-0.15, -0.1) is 0 Å². The maximum Gasteiger partial charge on any atom is 0.252 e. The fraction of sp³-hybridized carbons (Fsp3) is 0.263. The number of hydrogen-bond donors (Lipinski definition) is 3. The van der Waals surface area contributed by atoms with E-state index in [1.165, 1.54) is 0 Å². The number of carbonyl (C=O) groups excluding carboxylic acids is 1. The molecular formula is C19H22N6O. The number of nitrogens with zero attached hydrogens (tertiary/aromatic N) is 3. The second-order valence-corrected chi connectivity index (χ2v) is 6.02. The summed E-state index contributed by atoms with van der Waals surface area (Å²) < 4.78 is 0. The second-order valence-electron chi connectivity index (χ2n) is 6.02. The van der Waals surface area contributed by atoms with Crippen LogP contribution in [0.15, 0.2) is 42.6 Å². The molecule has 0 saturated heterocycles. The quantitative estimate of drug-likeness (QED) is 0.609. The summed E-state index contributed by atoms with van der Waals surface area (Å²) in [7, 11) is 0. The third-order valence-electron chi connectivity index (χ3n) is 3.79. The van der Waals surface area contributed by atoms with Crippen molar-refractivity contribution >= 4 is 17.4 Å². The minimum absolute atomic E-state index is 0.0996. The molecule has 2 heterocycles. The number of nitrogens with one attached hydrogen (secondary N) is 3. The Hall–Kier alpha value is -3.22. The van der Waals surface area contributed by atoms with Crippen molar-refractivity contribution in [1.82, 2.24) is 25.5 Å². The van der Waals surface area contributed by atoms with Crippen molar-refractivity contribution in [2.75, 3.05) is 11.9 Å². The topological polar surface area (TPSA) is 95.6 Å². The van der Waals surface area contributed by atoms with Gasteiger partial charge in [0, 0.05) is 24.8 Å². The molecule has 134 valence electrons. The van der Waals surface area contributed by atoms with Gasteiger partial charge in [0.1, 0.15) is 11.6 Å². The maximum absolute atomic E-state index is 11.9. The molecule has 2 aromatic heterocycles. The number of benzene rings is 1. The molecule has 0 fully saturated rings. The molecule has 0 bridgehead atoms. The fourth-order valence-corrected chi connectivity index (χ4v) is 2.45. The lowest BCUT2D eigenvalue weighted by Crippen LogP contribution is -2.24. The summed E-state index contributed by atoms with van der Waals surface area (Å²) in [6.07, 6.45) is 3.17. The van der Waals surface area contributed by atoms with Gasteiger partial charge < -0.3 is 10.6 Å². The van der Waals surface area contributed by atoms with Gasteiger partial charge in [0.2, 0.25) is 0 Å². The van der Waals surface area contributed by atoms with Crippen molar-refractivity contribution in [2.45, 2.75) is 26.7 Å². The highest BCUT2D eigenvalue weighted by atomic mass is 16.1. The summed E-state index contributed by atoms with van der Waals surface area (Å²) in [5.74, 6) is 2.19. The van der Waals surface area contributed by atoms with E-state index in [9.17, 15) is 4.79 Å². The SMILES string of the molecule is CCCNC(=O)c1ccc(Nc2ccc(Cc3n[nH]c(C)n3)cc2)nc1. The molecule has 0 radical (unpaired) electrons. The number of aromatic nitrogens is 4. The Morgan fingerprint density at radius 3 is 2.58 bits per heavy atom. The van der Waals surface area contributed by atoms with Crippen molar-refractivity contribution < 1.29 is 4.79 Å². The van der Waals surface area contributed by atoms with E-state index < -0.39 is 0 Å². The fourth-order valence-electron chi connectivity index (χ4n) is 2.45. The molecule has 3 aromatic rings. The third-order valence-corrected chi connectivity index (χ3v) is 3.79. The molecule has 1 amide bonds. The van der Waals surface area contributed by atoms with Crippen molar-refractivity contribution in [3.05, 3.63) is 65.4 Å². The molecule has 3 N–H and O–H groups in total. The lowest BCUT2D eigenvalue weighted by molar-refractivity contribution is 0.0953. The van der Waals surface area contributed by atoms with E-state index in [0.29, 0.717) is 24.3 Å². The maximum atomic E-state index is 11.9. The van der Waals surface area contributed by atoms with Crippen LogP contribution in [0.4, 0.5) is 11.5 Å². The van der Waals surface area contributed by atoms with E-state index in [1.807, 2.05) is 38.1 Å². The lowest BCUT2D eigenvalue weighted by Gasteiger charge is -2.08. The molecule has 0 aliphatic heterocycles. The summed E-state index contributed by atoms with van der Waals surface area (Å²) in [5.41, 5.74) is 2.61. The third kappa shape index (κ3) is 4.66. The molecule has 0 spiro atoms. The van der Waals surface area contributed by atoms with Gasteiger partial charge in [0.05, 0.1) is 5.56 Å². The Morgan fingerprint density at radius 2 is 1.96 bits per heavy atom. The van der Waals surface area contributed by atoms with Crippen LogP contribution < -0.4 is 10.6 Å². The van der Waals surface area contributed by atoms with Crippen LogP contribution in [0.2, 0.25) is 0 Å². The Balaban J connectivity index is 1.59. The molecular weight excluding hydrogens is 328 g/mol. The first-order valence-electron chi connectivity index (χ1n) is 8.62. The van der Waals surface area contributed by atoms with Crippen LogP contribution in [-0.2, 0) is 6.42 Å². The van der Waals surface area contributed by atoms with E-state index in [-0.39, 0.29) is 5.91 Å². The highest BCUT2D eigenvalue weighted by molar-refractivity contribution is 5.94. The monoisotopic (exact) mass is 350 g/mol. The van der Waals surface area contributed by atoms with Crippen molar-refractivity contribution in [3.63, 3.8) is 0 Å². The molecule has 0 unspecified atom stereocenters. The Labute approximate surface area is 152 Å². The Bertz CT molecular complexity index is 854. The van der Waals surface area contributed by atoms with E-state index >= 15 is 0 Å². The van der Waals surface area contributed by atoms with Gasteiger partial charge in [-0.05, 0) is 43.2 Å². The first-order valence-corrected chi connectivity index (χ1v) is 8.62. The number of anilines is 2. The van der Waals surface area contributed by atoms with Crippen LogP contribution in [-0.4, -0.2) is 32.6 Å². The van der Waals surface area contributed by atoms with Gasteiger partial charge in [-0.3, -0.25) is 9.89 Å². The molecule has 0 aliphatic rings. The van der Waals surface area contributed by atoms with Crippen LogP contribution in [0.3, 0.4) is 0 Å². The van der Waals surface area contributed by atoms with Crippen LogP contribution >= 0.6 is 0 Å². The van der Waals surface area contributed by atoms with Gasteiger partial charge in [-0.1, -0.05) is 19.1 Å². The number of H-pyrrole nitrogens is 1.